The van der Waals surface area contributed by atoms with Crippen LogP contribution in [0.15, 0.2) is 84.9 Å². The minimum atomic E-state index is -0.486. The summed E-state index contributed by atoms with van der Waals surface area (Å²) in [5, 5.41) is 16.1. The summed E-state index contributed by atoms with van der Waals surface area (Å²) in [4.78, 5) is 34.4. The van der Waals surface area contributed by atoms with E-state index in [2.05, 4.69) is 10.6 Å². The molecule has 2 amide bonds. The fraction of sp³-hybridized carbons (Fsp3) is 0.0435. The summed E-state index contributed by atoms with van der Waals surface area (Å²) in [5.41, 5.74) is 1.65. The lowest BCUT2D eigenvalue weighted by Crippen LogP contribution is -2.20. The minimum Gasteiger partial charge on any atom is -0.484 e. The van der Waals surface area contributed by atoms with E-state index < -0.39 is 4.92 Å². The van der Waals surface area contributed by atoms with E-state index in [4.69, 9.17) is 4.74 Å². The number of ether oxygens (including phenoxy) is 1. The highest BCUT2D eigenvalue weighted by Crippen LogP contribution is 2.16. The number of hydrogen-bond acceptors (Lipinski definition) is 5. The van der Waals surface area contributed by atoms with Crippen molar-refractivity contribution in [3.63, 3.8) is 0 Å². The maximum absolute atomic E-state index is 12.1. The molecule has 0 unspecified atom stereocenters. The number of anilines is 2. The molecule has 3 rings (SSSR count). The molecule has 0 saturated heterocycles. The zero-order valence-corrected chi connectivity index (χ0v) is 16.4. The van der Waals surface area contributed by atoms with Gasteiger partial charge in [0.1, 0.15) is 5.75 Å². The van der Waals surface area contributed by atoms with E-state index >= 15 is 0 Å². The van der Waals surface area contributed by atoms with Crippen LogP contribution in [0, 0.1) is 10.1 Å². The summed E-state index contributed by atoms with van der Waals surface area (Å²) in [7, 11) is 0. The first-order valence-electron chi connectivity index (χ1n) is 9.31. The Kier molecular flexibility index (Phi) is 7.10. The fourth-order valence-corrected chi connectivity index (χ4v) is 2.60. The summed E-state index contributed by atoms with van der Waals surface area (Å²) in [6.07, 6.45) is 2.87. The van der Waals surface area contributed by atoms with Gasteiger partial charge in [0.05, 0.1) is 4.92 Å². The maximum Gasteiger partial charge on any atom is 0.269 e. The Morgan fingerprint density at radius 3 is 2.26 bits per heavy atom. The van der Waals surface area contributed by atoms with Gasteiger partial charge in [0.25, 0.3) is 11.6 Å². The summed E-state index contributed by atoms with van der Waals surface area (Å²) in [6.45, 7) is -0.140. The van der Waals surface area contributed by atoms with Crippen molar-refractivity contribution in [2.45, 2.75) is 0 Å². The van der Waals surface area contributed by atoms with Crippen LogP contribution < -0.4 is 15.4 Å². The molecule has 0 aromatic heterocycles. The largest absolute Gasteiger partial charge is 0.484 e. The molecule has 0 fully saturated rings. The molecular weight excluding hydrogens is 398 g/mol. The zero-order chi connectivity index (χ0) is 22.1. The number of para-hydroxylation sites is 1. The predicted octanol–water partition coefficient (Wildman–Crippen LogP) is 4.26. The van der Waals surface area contributed by atoms with Gasteiger partial charge in [-0.1, -0.05) is 24.3 Å². The molecule has 2 N–H and O–H groups in total. The number of nitrogens with one attached hydrogen (secondary N) is 2. The van der Waals surface area contributed by atoms with E-state index in [1.165, 1.54) is 18.2 Å². The van der Waals surface area contributed by atoms with E-state index in [0.717, 1.165) is 0 Å². The van der Waals surface area contributed by atoms with Crippen molar-refractivity contribution in [1.82, 2.24) is 0 Å². The Bertz CT molecular complexity index is 1100. The zero-order valence-electron chi connectivity index (χ0n) is 16.4. The second-order valence-corrected chi connectivity index (χ2v) is 6.40. The molecule has 3 aromatic rings. The fourth-order valence-electron chi connectivity index (χ4n) is 2.60. The lowest BCUT2D eigenvalue weighted by molar-refractivity contribution is -0.384. The van der Waals surface area contributed by atoms with Gasteiger partial charge in [-0.15, -0.1) is 0 Å². The number of carbonyl (C=O) groups is 2. The van der Waals surface area contributed by atoms with Crippen molar-refractivity contribution < 1.29 is 19.2 Å². The van der Waals surface area contributed by atoms with Gasteiger partial charge >= 0.3 is 0 Å². The molecule has 0 aliphatic rings. The molecule has 8 nitrogen and oxygen atoms in total. The number of amides is 2. The van der Waals surface area contributed by atoms with Crippen LogP contribution in [0.2, 0.25) is 0 Å². The molecule has 31 heavy (non-hydrogen) atoms. The number of nitro benzene ring substituents is 1. The van der Waals surface area contributed by atoms with Gasteiger partial charge in [-0.05, 0) is 54.1 Å². The van der Waals surface area contributed by atoms with Crippen molar-refractivity contribution in [2.24, 2.45) is 0 Å². The SMILES string of the molecule is O=C(/C=C/c1ccc([N+](=O)[O-])cc1)Nc1cccc(NC(=O)COc2ccccc2)c1. The van der Waals surface area contributed by atoms with Crippen LogP contribution in [0.4, 0.5) is 17.1 Å². The lowest BCUT2D eigenvalue weighted by Gasteiger charge is -2.09. The number of rotatable bonds is 8. The van der Waals surface area contributed by atoms with Crippen molar-refractivity contribution in [3.05, 3.63) is 101 Å². The number of carbonyl (C=O) groups excluding carboxylic acids is 2. The van der Waals surface area contributed by atoms with Crippen molar-refractivity contribution in [3.8, 4) is 5.75 Å². The predicted molar refractivity (Wildman–Crippen MR) is 118 cm³/mol. The molecule has 0 spiro atoms. The third-order valence-corrected chi connectivity index (χ3v) is 4.06. The molecule has 8 heteroatoms. The third-order valence-electron chi connectivity index (χ3n) is 4.06. The van der Waals surface area contributed by atoms with Crippen molar-refractivity contribution >= 4 is 35.0 Å². The van der Waals surface area contributed by atoms with Gasteiger partial charge in [0.15, 0.2) is 6.61 Å². The highest BCUT2D eigenvalue weighted by molar-refractivity contribution is 6.02. The Labute approximate surface area is 178 Å². The topological polar surface area (TPSA) is 111 Å². The molecule has 0 aliphatic heterocycles. The Hall–Kier alpha value is -4.46. The summed E-state index contributed by atoms with van der Waals surface area (Å²) >= 11 is 0. The van der Waals surface area contributed by atoms with E-state index in [9.17, 15) is 19.7 Å². The number of benzene rings is 3. The number of non-ortho nitro benzene ring substituents is 1. The van der Waals surface area contributed by atoms with Gasteiger partial charge in [0.2, 0.25) is 5.91 Å². The molecule has 3 aromatic carbocycles. The molecule has 0 saturated carbocycles. The molecule has 0 atom stereocenters. The lowest BCUT2D eigenvalue weighted by atomic mass is 10.2. The van der Waals surface area contributed by atoms with E-state index in [-0.39, 0.29) is 24.1 Å². The second-order valence-electron chi connectivity index (χ2n) is 6.40. The standard InChI is InChI=1S/C23H19N3O5/c27-22(14-11-17-9-12-20(13-10-17)26(29)30)24-18-5-4-6-19(15-18)25-23(28)16-31-21-7-2-1-3-8-21/h1-15H,16H2,(H,24,27)(H,25,28)/b14-11+. The van der Waals surface area contributed by atoms with E-state index in [1.54, 1.807) is 54.6 Å². The van der Waals surface area contributed by atoms with Gasteiger partial charge < -0.3 is 15.4 Å². The van der Waals surface area contributed by atoms with Crippen LogP contribution in [0.5, 0.6) is 5.75 Å². The second kappa shape index (κ2) is 10.4. The quantitative estimate of drug-likeness (QED) is 0.323. The Balaban J connectivity index is 1.52. The first-order chi connectivity index (χ1) is 15.0. The number of hydrogen-bond donors (Lipinski definition) is 2. The average Bonchev–Trinajstić information content (AvgIpc) is 2.77. The molecular formula is C23H19N3O5. The Morgan fingerprint density at radius 1 is 0.903 bits per heavy atom. The molecule has 156 valence electrons. The first kappa shape index (κ1) is 21.3. The highest BCUT2D eigenvalue weighted by Gasteiger charge is 2.06. The molecule has 0 aliphatic carbocycles. The molecule has 0 radical (unpaired) electrons. The molecule has 0 bridgehead atoms. The Morgan fingerprint density at radius 2 is 1.58 bits per heavy atom. The van der Waals surface area contributed by atoms with E-state index in [0.29, 0.717) is 22.7 Å². The van der Waals surface area contributed by atoms with Crippen LogP contribution >= 0.6 is 0 Å². The van der Waals surface area contributed by atoms with Gasteiger partial charge in [-0.2, -0.15) is 0 Å². The first-order valence-corrected chi connectivity index (χ1v) is 9.31. The third kappa shape index (κ3) is 6.82. The van der Waals surface area contributed by atoms with Crippen molar-refractivity contribution in [1.29, 1.82) is 0 Å². The summed E-state index contributed by atoms with van der Waals surface area (Å²) in [6, 6.07) is 21.5. The normalized spacial score (nSPS) is 10.5. The number of nitro groups is 1. The average molecular weight is 417 g/mol. The van der Waals surface area contributed by atoms with Gasteiger partial charge in [0, 0.05) is 29.6 Å². The summed E-state index contributed by atoms with van der Waals surface area (Å²) < 4.78 is 5.40. The summed E-state index contributed by atoms with van der Waals surface area (Å²) in [5.74, 6) is -0.113. The van der Waals surface area contributed by atoms with Crippen LogP contribution in [0.1, 0.15) is 5.56 Å². The van der Waals surface area contributed by atoms with E-state index in [1.807, 2.05) is 18.2 Å². The van der Waals surface area contributed by atoms with Gasteiger partial charge in [-0.25, -0.2) is 0 Å². The minimum absolute atomic E-state index is 0.0189. The smallest absolute Gasteiger partial charge is 0.269 e. The van der Waals surface area contributed by atoms with Crippen LogP contribution in [-0.4, -0.2) is 23.3 Å². The van der Waals surface area contributed by atoms with Gasteiger partial charge in [-0.3, -0.25) is 19.7 Å². The highest BCUT2D eigenvalue weighted by atomic mass is 16.6. The monoisotopic (exact) mass is 417 g/mol. The molecule has 0 heterocycles. The van der Waals surface area contributed by atoms with Crippen molar-refractivity contribution in [2.75, 3.05) is 17.2 Å². The maximum atomic E-state index is 12.1. The van der Waals surface area contributed by atoms with Crippen LogP contribution in [0.25, 0.3) is 6.08 Å². The number of nitrogens with zero attached hydrogens (tertiary/aromatic N) is 1. The van der Waals surface area contributed by atoms with Crippen LogP contribution in [-0.2, 0) is 9.59 Å². The van der Waals surface area contributed by atoms with Crippen LogP contribution in [0.3, 0.4) is 0 Å².